The average Bonchev–Trinajstić information content (AvgIpc) is 3.02. The molecule has 0 saturated carbocycles. The number of thiol groups is 2. The van der Waals surface area contributed by atoms with Gasteiger partial charge in [-0.2, -0.15) is 3.71 Å². The fourth-order valence-electron chi connectivity index (χ4n) is 2.77. The maximum Gasteiger partial charge on any atom is 0.429 e. The summed E-state index contributed by atoms with van der Waals surface area (Å²) in [7, 11) is 0. The van der Waals surface area contributed by atoms with E-state index in [1.807, 2.05) is 6.07 Å². The van der Waals surface area contributed by atoms with Gasteiger partial charge in [0.2, 0.25) is 11.8 Å². The lowest BCUT2D eigenvalue weighted by Gasteiger charge is -2.17. The third-order valence-electron chi connectivity index (χ3n) is 4.11. The Hall–Kier alpha value is -2.46. The molecular formula is C18H18FN3O4S2. The Bertz CT molecular complexity index is 834. The Morgan fingerprint density at radius 3 is 2.64 bits per heavy atom. The van der Waals surface area contributed by atoms with Gasteiger partial charge in [0.25, 0.3) is 0 Å². The van der Waals surface area contributed by atoms with Gasteiger partial charge in [0.15, 0.2) is 0 Å². The van der Waals surface area contributed by atoms with E-state index in [0.717, 1.165) is 9.27 Å². The van der Waals surface area contributed by atoms with Gasteiger partial charge in [0.1, 0.15) is 11.6 Å². The van der Waals surface area contributed by atoms with Gasteiger partial charge in [-0.3, -0.25) is 4.79 Å². The van der Waals surface area contributed by atoms with Gasteiger partial charge in [0, 0.05) is 37.7 Å². The second-order valence-electron chi connectivity index (χ2n) is 6.27. The number of rotatable bonds is 6. The molecule has 7 nitrogen and oxygen atoms in total. The maximum atomic E-state index is 12.9. The number of hydrogen-bond acceptors (Lipinski definition) is 7. The summed E-state index contributed by atoms with van der Waals surface area (Å²) in [4.78, 5) is 29.4. The highest BCUT2D eigenvalue weighted by molar-refractivity contribution is 7.94. The minimum atomic E-state index is -0.682. The zero-order valence-corrected chi connectivity index (χ0v) is 16.5. The normalized spacial score (nSPS) is 16.2. The summed E-state index contributed by atoms with van der Waals surface area (Å²) in [5, 5.41) is 0. The van der Waals surface area contributed by atoms with Crippen LogP contribution in [0.1, 0.15) is 12.0 Å². The summed E-state index contributed by atoms with van der Waals surface area (Å²) in [6.45, 7) is 1.01. The zero-order chi connectivity index (χ0) is 20.1. The number of carbonyl (C=O) groups is 2. The highest BCUT2D eigenvalue weighted by Gasteiger charge is 2.30. The molecule has 1 atom stereocenters. The second kappa shape index (κ2) is 9.16. The van der Waals surface area contributed by atoms with Gasteiger partial charge in [0.05, 0.1) is 6.61 Å². The van der Waals surface area contributed by atoms with Crippen molar-refractivity contribution in [3.63, 3.8) is 0 Å². The Morgan fingerprint density at radius 2 is 2.00 bits per heavy atom. The molecule has 2 heterocycles. The number of hydrogen-bond donors (Lipinski definition) is 2. The van der Waals surface area contributed by atoms with E-state index < -0.39 is 6.09 Å². The lowest BCUT2D eigenvalue weighted by Crippen LogP contribution is -2.25. The molecular weight excluding hydrogens is 405 g/mol. The van der Waals surface area contributed by atoms with Crippen molar-refractivity contribution in [1.29, 1.82) is 0 Å². The molecule has 0 spiro atoms. The molecule has 1 aromatic carbocycles. The van der Waals surface area contributed by atoms with Crippen LogP contribution in [0.25, 0.3) is 0 Å². The Morgan fingerprint density at radius 1 is 1.25 bits per heavy atom. The van der Waals surface area contributed by atoms with Crippen molar-refractivity contribution in [2.24, 2.45) is 5.92 Å². The molecule has 1 saturated heterocycles. The zero-order valence-electron chi connectivity index (χ0n) is 14.7. The van der Waals surface area contributed by atoms with Crippen molar-refractivity contribution in [2.75, 3.05) is 13.2 Å². The molecule has 2 amide bonds. The number of halogens is 1. The predicted molar refractivity (Wildman–Crippen MR) is 105 cm³/mol. The van der Waals surface area contributed by atoms with Crippen molar-refractivity contribution < 1.29 is 23.5 Å². The molecule has 0 bridgehead atoms. The van der Waals surface area contributed by atoms with Crippen molar-refractivity contribution in [1.82, 2.24) is 13.6 Å². The Balaban J connectivity index is 1.51. The average molecular weight is 423 g/mol. The molecule has 2 aromatic rings. The van der Waals surface area contributed by atoms with Crippen LogP contribution in [0.4, 0.5) is 9.18 Å². The van der Waals surface area contributed by atoms with Crippen LogP contribution in [0.15, 0.2) is 42.6 Å². The van der Waals surface area contributed by atoms with Crippen molar-refractivity contribution in [2.45, 2.75) is 13.0 Å². The number of pyridine rings is 1. The Labute approximate surface area is 172 Å². The van der Waals surface area contributed by atoms with Gasteiger partial charge in [-0.1, -0.05) is 6.07 Å². The van der Waals surface area contributed by atoms with Crippen molar-refractivity contribution >= 4 is 37.6 Å². The van der Waals surface area contributed by atoms with Crippen LogP contribution in [-0.2, 0) is 16.1 Å². The first kappa shape index (κ1) is 20.3. The third kappa shape index (κ3) is 5.52. The van der Waals surface area contributed by atoms with Crippen LogP contribution >= 0.6 is 25.6 Å². The Kier molecular flexibility index (Phi) is 6.63. The molecule has 10 heteroatoms. The van der Waals surface area contributed by atoms with Crippen LogP contribution in [0.5, 0.6) is 11.6 Å². The molecule has 28 heavy (non-hydrogen) atoms. The number of likely N-dealkylation sites (tertiary alicyclic amines) is 1. The number of aromatic nitrogens is 1. The summed E-state index contributed by atoms with van der Waals surface area (Å²) >= 11 is 7.45. The van der Waals surface area contributed by atoms with Crippen molar-refractivity contribution in [3.8, 4) is 11.6 Å². The van der Waals surface area contributed by atoms with Crippen LogP contribution in [-0.4, -0.2) is 38.7 Å². The number of amides is 2. The van der Waals surface area contributed by atoms with Gasteiger partial charge in [-0.05, 0) is 55.5 Å². The highest BCUT2D eigenvalue weighted by Crippen LogP contribution is 2.23. The first-order chi connectivity index (χ1) is 13.4. The smallest absolute Gasteiger partial charge is 0.429 e. The number of benzene rings is 1. The van der Waals surface area contributed by atoms with Crippen LogP contribution in [0, 0.1) is 11.7 Å². The van der Waals surface area contributed by atoms with E-state index in [2.05, 4.69) is 30.6 Å². The number of nitrogens with zero attached hydrogens (tertiary/aromatic N) is 3. The summed E-state index contributed by atoms with van der Waals surface area (Å²) in [5.74, 6) is 0.423. The molecule has 0 N–H and O–H groups in total. The first-order valence-electron chi connectivity index (χ1n) is 8.41. The molecule has 0 aliphatic carbocycles. The van der Waals surface area contributed by atoms with Crippen molar-refractivity contribution in [3.05, 3.63) is 54.0 Å². The summed E-state index contributed by atoms with van der Waals surface area (Å²) in [5.41, 5.74) is 0.842. The first-order valence-corrected chi connectivity index (χ1v) is 9.21. The largest absolute Gasteiger partial charge is 0.448 e. The van der Waals surface area contributed by atoms with E-state index in [9.17, 15) is 14.0 Å². The quantitative estimate of drug-likeness (QED) is 0.696. The van der Waals surface area contributed by atoms with E-state index in [1.165, 1.54) is 24.3 Å². The van der Waals surface area contributed by atoms with Gasteiger partial charge >= 0.3 is 6.09 Å². The van der Waals surface area contributed by atoms with E-state index in [1.54, 1.807) is 17.2 Å². The second-order valence-corrected chi connectivity index (χ2v) is 7.39. The monoisotopic (exact) mass is 423 g/mol. The van der Waals surface area contributed by atoms with E-state index >= 15 is 0 Å². The van der Waals surface area contributed by atoms with E-state index in [4.69, 9.17) is 9.47 Å². The van der Waals surface area contributed by atoms with Gasteiger partial charge in [-0.25, -0.2) is 14.2 Å². The molecule has 1 fully saturated rings. The summed E-state index contributed by atoms with van der Waals surface area (Å²) in [6.07, 6.45) is 1.25. The van der Waals surface area contributed by atoms with Crippen LogP contribution in [0.2, 0.25) is 0 Å². The van der Waals surface area contributed by atoms with E-state index in [0.29, 0.717) is 31.1 Å². The van der Waals surface area contributed by atoms with E-state index in [-0.39, 0.29) is 24.2 Å². The molecule has 1 aromatic heterocycles. The summed E-state index contributed by atoms with van der Waals surface area (Å²) in [6, 6.07) is 9.14. The lowest BCUT2D eigenvalue weighted by molar-refractivity contribution is -0.128. The van der Waals surface area contributed by atoms with Gasteiger partial charge < -0.3 is 14.4 Å². The van der Waals surface area contributed by atoms with Gasteiger partial charge in [-0.15, -0.1) is 0 Å². The highest BCUT2D eigenvalue weighted by atomic mass is 32.2. The molecule has 3 rings (SSSR count). The molecule has 0 unspecified atom stereocenters. The molecule has 0 radical (unpaired) electrons. The fraction of sp³-hybridized carbons (Fsp3) is 0.278. The SMILES string of the molecule is O=C(OC[C@@H]1CC(=O)N(Cc2ccc(Oc3ccc(F)cc3)nc2)C1)N(S)S. The minimum Gasteiger partial charge on any atom is -0.448 e. The number of carbonyl (C=O) groups excluding carboxylic acids is 2. The topological polar surface area (TPSA) is 72.0 Å². The standard InChI is InChI=1S/C18H18FN3O4S2/c19-14-2-4-15(5-3-14)26-16-6-1-12(8-20-16)9-21-10-13(7-17(21)23)11-25-18(24)22(27)28/h1-6,8,13,27-28H,7,9-11H2/t13-/m1/s1. The fourth-order valence-corrected chi connectivity index (χ4v) is 2.89. The predicted octanol–water partition coefficient (Wildman–Crippen LogP) is 3.49. The summed E-state index contributed by atoms with van der Waals surface area (Å²) < 4.78 is 24.2. The minimum absolute atomic E-state index is 0.0127. The maximum absolute atomic E-state index is 12.9. The van der Waals surface area contributed by atoms with Crippen LogP contribution < -0.4 is 4.74 Å². The third-order valence-corrected chi connectivity index (χ3v) is 4.43. The lowest BCUT2D eigenvalue weighted by atomic mass is 10.1. The molecule has 1 aliphatic heterocycles. The molecule has 1 aliphatic rings. The molecule has 148 valence electrons. The number of ether oxygens (including phenoxy) is 2. The van der Waals surface area contributed by atoms with Crippen LogP contribution in [0.3, 0.4) is 0 Å².